The molecule has 0 N–H and O–H groups in total. The van der Waals surface area contributed by atoms with E-state index in [2.05, 4.69) is 76.3 Å². The number of hydrogen-bond donors (Lipinski definition) is 0. The van der Waals surface area contributed by atoms with Gasteiger partial charge >= 0.3 is 20.4 Å². The van der Waals surface area contributed by atoms with Crippen molar-refractivity contribution >= 4 is 23.6 Å². The van der Waals surface area contributed by atoms with Crippen LogP contribution in [0.15, 0.2) is 69.9 Å². The van der Waals surface area contributed by atoms with Crippen LogP contribution < -0.4 is 9.97 Å². The number of nitrogens with zero attached hydrogens (tertiary/aromatic N) is 4. The van der Waals surface area contributed by atoms with E-state index in [1.165, 1.54) is 0 Å². The van der Waals surface area contributed by atoms with Crippen LogP contribution in [-0.2, 0) is 31.3 Å². The van der Waals surface area contributed by atoms with Gasteiger partial charge in [0.2, 0.25) is 0 Å². The standard InChI is InChI=1S/C24H22N4.Pd/c1-23(2)19-9-5-15(25-19)13-17-7-11-21(27-17)24(3,4)22-12-8-18(28-22)14-16-6-10-20(23)26-16;/h5-14H,1-4H3;/q-2;+2/b15-13-,18-14-;. The zero-order chi connectivity index (χ0) is 19.5. The average Bonchev–Trinajstić information content (AvgIpc) is 3.42. The van der Waals surface area contributed by atoms with Crippen molar-refractivity contribution in [3.05, 3.63) is 82.7 Å². The molecular formula is C24H22N4Pd. The third-order valence-corrected chi connectivity index (χ3v) is 5.80. The van der Waals surface area contributed by atoms with Crippen molar-refractivity contribution in [1.29, 1.82) is 0 Å². The van der Waals surface area contributed by atoms with E-state index in [-0.39, 0.29) is 31.3 Å². The van der Waals surface area contributed by atoms with Gasteiger partial charge in [-0.1, -0.05) is 64.1 Å². The molecule has 148 valence electrons. The Kier molecular flexibility index (Phi) is 4.65. The van der Waals surface area contributed by atoms with Crippen LogP contribution in [0, 0.1) is 0 Å². The monoisotopic (exact) mass is 472 g/mol. The molecule has 5 heteroatoms. The number of aliphatic imine (C=N–C) groups is 2. The molecule has 5 rings (SSSR count). The molecule has 3 aliphatic heterocycles. The molecule has 0 aromatic carbocycles. The summed E-state index contributed by atoms with van der Waals surface area (Å²) in [4.78, 5) is 19.4. The SMILES string of the molecule is CC1(C)C2=N/C(=C\c3ccc([n-]3)C(C)(C)C3=N/C(=C\c4ccc1[n-]4)C=C3)C=C2.[Pd+2]. The molecule has 0 aliphatic carbocycles. The van der Waals surface area contributed by atoms with Crippen LogP contribution in [0.3, 0.4) is 0 Å². The molecule has 4 nitrogen and oxygen atoms in total. The summed E-state index contributed by atoms with van der Waals surface area (Å²) in [5, 5.41) is 0. The zero-order valence-corrected chi connectivity index (χ0v) is 18.4. The Morgan fingerprint density at radius 3 is 1.45 bits per heavy atom. The van der Waals surface area contributed by atoms with Gasteiger partial charge in [0.05, 0.1) is 11.4 Å². The third-order valence-electron chi connectivity index (χ3n) is 5.80. The first-order valence-electron chi connectivity index (χ1n) is 9.59. The molecule has 0 fully saturated rings. The van der Waals surface area contributed by atoms with Gasteiger partial charge < -0.3 is 9.97 Å². The van der Waals surface area contributed by atoms with Crippen LogP contribution in [0.5, 0.6) is 0 Å². The number of allylic oxidation sites excluding steroid dienone is 4. The third kappa shape index (κ3) is 3.29. The van der Waals surface area contributed by atoms with Crippen molar-refractivity contribution in [2.75, 3.05) is 0 Å². The smallest absolute Gasteiger partial charge is 0.660 e. The van der Waals surface area contributed by atoms with E-state index < -0.39 is 0 Å². The van der Waals surface area contributed by atoms with E-state index >= 15 is 0 Å². The fraction of sp³-hybridized carbons (Fsp3) is 0.250. The minimum Gasteiger partial charge on any atom is -0.660 e. The van der Waals surface area contributed by atoms with Gasteiger partial charge in [0, 0.05) is 22.3 Å². The zero-order valence-electron chi connectivity index (χ0n) is 16.9. The molecule has 0 saturated carbocycles. The van der Waals surface area contributed by atoms with Gasteiger partial charge in [-0.2, -0.15) is 0 Å². The Hall–Kier alpha value is -2.48. The Balaban J connectivity index is 0.00000205. The first-order valence-corrected chi connectivity index (χ1v) is 9.59. The second-order valence-electron chi connectivity index (χ2n) is 8.56. The minimum absolute atomic E-state index is 0. The van der Waals surface area contributed by atoms with Crippen LogP contribution in [0.1, 0.15) is 50.5 Å². The molecule has 5 heterocycles. The molecule has 29 heavy (non-hydrogen) atoms. The molecule has 0 saturated heterocycles. The van der Waals surface area contributed by atoms with Gasteiger partial charge in [-0.25, -0.2) is 0 Å². The van der Waals surface area contributed by atoms with Gasteiger partial charge in [-0.3, -0.25) is 9.98 Å². The van der Waals surface area contributed by atoms with Crippen molar-refractivity contribution in [3.63, 3.8) is 0 Å². The van der Waals surface area contributed by atoms with Crippen molar-refractivity contribution in [3.8, 4) is 0 Å². The molecule has 2 aromatic rings. The maximum Gasteiger partial charge on any atom is 2.00 e. The van der Waals surface area contributed by atoms with Crippen molar-refractivity contribution in [1.82, 2.24) is 9.97 Å². The van der Waals surface area contributed by atoms with Crippen LogP contribution in [0.4, 0.5) is 0 Å². The largest absolute Gasteiger partial charge is 2.00 e. The predicted molar refractivity (Wildman–Crippen MR) is 115 cm³/mol. The Labute approximate surface area is 185 Å². The summed E-state index contributed by atoms with van der Waals surface area (Å²) in [5.74, 6) is 0. The van der Waals surface area contributed by atoms with Crippen LogP contribution in [-0.4, -0.2) is 11.4 Å². The molecular weight excluding hydrogens is 451 g/mol. The van der Waals surface area contributed by atoms with E-state index in [4.69, 9.17) is 20.0 Å². The van der Waals surface area contributed by atoms with E-state index in [1.54, 1.807) is 0 Å². The first-order chi connectivity index (χ1) is 13.3. The summed E-state index contributed by atoms with van der Waals surface area (Å²) in [6, 6.07) is 8.27. The summed E-state index contributed by atoms with van der Waals surface area (Å²) in [6.07, 6.45) is 12.3. The summed E-state index contributed by atoms with van der Waals surface area (Å²) in [7, 11) is 0. The van der Waals surface area contributed by atoms with Crippen molar-refractivity contribution < 1.29 is 20.4 Å². The fourth-order valence-electron chi connectivity index (χ4n) is 3.79. The van der Waals surface area contributed by atoms with Gasteiger partial charge in [0.25, 0.3) is 0 Å². The molecule has 0 atom stereocenters. The van der Waals surface area contributed by atoms with Crippen molar-refractivity contribution in [2.45, 2.75) is 38.5 Å². The number of rotatable bonds is 0. The van der Waals surface area contributed by atoms with Gasteiger partial charge in [0.15, 0.2) is 0 Å². The molecule has 8 bridgehead atoms. The van der Waals surface area contributed by atoms with E-state index in [0.29, 0.717) is 0 Å². The van der Waals surface area contributed by atoms with Gasteiger partial charge in [0.1, 0.15) is 0 Å². The van der Waals surface area contributed by atoms with Crippen LogP contribution in [0.25, 0.3) is 12.2 Å². The van der Waals surface area contributed by atoms with Crippen molar-refractivity contribution in [2.24, 2.45) is 9.98 Å². The average molecular weight is 473 g/mol. The Morgan fingerprint density at radius 2 is 1.03 bits per heavy atom. The maximum absolute atomic E-state index is 4.85. The summed E-state index contributed by atoms with van der Waals surface area (Å²) in [5.41, 5.74) is 7.18. The van der Waals surface area contributed by atoms with E-state index in [1.807, 2.05) is 12.2 Å². The normalized spacial score (nSPS) is 24.1. The quantitative estimate of drug-likeness (QED) is 0.527. The molecule has 0 radical (unpaired) electrons. The molecule has 3 aliphatic rings. The Morgan fingerprint density at radius 1 is 0.621 bits per heavy atom. The molecule has 0 amide bonds. The van der Waals surface area contributed by atoms with E-state index in [9.17, 15) is 0 Å². The Bertz CT molecular complexity index is 1070. The maximum atomic E-state index is 4.85. The second-order valence-corrected chi connectivity index (χ2v) is 8.56. The van der Waals surface area contributed by atoms with E-state index in [0.717, 1.165) is 45.6 Å². The second kappa shape index (κ2) is 6.80. The van der Waals surface area contributed by atoms with Crippen LogP contribution in [0.2, 0.25) is 0 Å². The number of fused-ring (bicyclic) bond motifs is 6. The predicted octanol–water partition coefficient (Wildman–Crippen LogP) is 4.57. The number of aromatic nitrogens is 2. The van der Waals surface area contributed by atoms with Crippen LogP contribution >= 0.6 is 0 Å². The topological polar surface area (TPSA) is 52.9 Å². The molecule has 0 spiro atoms. The number of hydrogen-bond acceptors (Lipinski definition) is 2. The minimum atomic E-state index is -0.271. The molecule has 0 unspecified atom stereocenters. The van der Waals surface area contributed by atoms with Gasteiger partial charge in [-0.05, 0) is 24.3 Å². The first kappa shape index (κ1) is 19.8. The van der Waals surface area contributed by atoms with Gasteiger partial charge in [-0.15, -0.1) is 22.8 Å². The summed E-state index contributed by atoms with van der Waals surface area (Å²) in [6.45, 7) is 8.65. The summed E-state index contributed by atoms with van der Waals surface area (Å²) >= 11 is 0. The molecule has 2 aromatic heterocycles. The summed E-state index contributed by atoms with van der Waals surface area (Å²) < 4.78 is 0. The fourth-order valence-corrected chi connectivity index (χ4v) is 3.79.